The molecule has 19 heavy (non-hydrogen) atoms. The van der Waals surface area contributed by atoms with E-state index in [4.69, 9.17) is 9.47 Å². The predicted octanol–water partition coefficient (Wildman–Crippen LogP) is 0.539. The zero-order valence-corrected chi connectivity index (χ0v) is 11.4. The molecule has 7 nitrogen and oxygen atoms in total. The summed E-state index contributed by atoms with van der Waals surface area (Å²) in [7, 11) is 0. The van der Waals surface area contributed by atoms with E-state index in [-0.39, 0.29) is 18.8 Å². The summed E-state index contributed by atoms with van der Waals surface area (Å²) >= 11 is 1.21. The van der Waals surface area contributed by atoms with Crippen LogP contribution in [0.5, 0.6) is 0 Å². The third-order valence-electron chi connectivity index (χ3n) is 2.20. The Morgan fingerprint density at radius 2 is 2.32 bits per heavy atom. The zero-order chi connectivity index (χ0) is 13.8. The first-order chi connectivity index (χ1) is 9.10. The maximum atomic E-state index is 11.6. The summed E-state index contributed by atoms with van der Waals surface area (Å²) in [5.74, 6) is -0.461. The van der Waals surface area contributed by atoms with Crippen molar-refractivity contribution in [3.8, 4) is 0 Å². The molecule has 0 radical (unpaired) electrons. The first-order valence-corrected chi connectivity index (χ1v) is 6.51. The highest BCUT2D eigenvalue weighted by molar-refractivity contribution is 7.16. The SMILES string of the molecule is CCOCC(=O)OCc1nn2c(=O)cc(C)nc2s1. The minimum atomic E-state index is -0.461. The molecule has 0 saturated heterocycles. The van der Waals surface area contributed by atoms with Gasteiger partial charge in [-0.05, 0) is 13.8 Å². The molecule has 102 valence electrons. The fourth-order valence-corrected chi connectivity index (χ4v) is 2.25. The summed E-state index contributed by atoms with van der Waals surface area (Å²) in [5.41, 5.74) is 0.388. The van der Waals surface area contributed by atoms with Crippen LogP contribution in [0, 0.1) is 6.92 Å². The van der Waals surface area contributed by atoms with E-state index >= 15 is 0 Å². The molecule has 0 atom stereocenters. The molecule has 0 fully saturated rings. The van der Waals surface area contributed by atoms with Crippen LogP contribution in [-0.2, 0) is 20.9 Å². The monoisotopic (exact) mass is 283 g/mol. The first kappa shape index (κ1) is 13.6. The van der Waals surface area contributed by atoms with Gasteiger partial charge in [0.1, 0.15) is 13.2 Å². The Morgan fingerprint density at radius 3 is 3.05 bits per heavy atom. The van der Waals surface area contributed by atoms with Crippen molar-refractivity contribution in [1.82, 2.24) is 14.6 Å². The molecule has 0 amide bonds. The highest BCUT2D eigenvalue weighted by Crippen LogP contribution is 2.12. The Hall–Kier alpha value is -1.80. The molecule has 0 aliphatic heterocycles. The Bertz CT molecular complexity index is 649. The van der Waals surface area contributed by atoms with E-state index in [0.717, 1.165) is 0 Å². The number of hydrogen-bond acceptors (Lipinski definition) is 7. The number of aromatic nitrogens is 3. The average molecular weight is 283 g/mol. The maximum absolute atomic E-state index is 11.6. The van der Waals surface area contributed by atoms with Crippen LogP contribution in [0.4, 0.5) is 0 Å². The number of esters is 1. The molecule has 0 saturated carbocycles. The predicted molar refractivity (Wildman–Crippen MR) is 68.2 cm³/mol. The summed E-state index contributed by atoms with van der Waals surface area (Å²) in [5, 5.41) is 4.56. The number of carbonyl (C=O) groups is 1. The second kappa shape index (κ2) is 5.89. The van der Waals surface area contributed by atoms with Gasteiger partial charge in [0.2, 0.25) is 4.96 Å². The number of nitrogens with zero attached hydrogens (tertiary/aromatic N) is 3. The van der Waals surface area contributed by atoms with Gasteiger partial charge in [0.05, 0.1) is 0 Å². The molecule has 0 aliphatic rings. The van der Waals surface area contributed by atoms with Gasteiger partial charge in [-0.1, -0.05) is 11.3 Å². The lowest BCUT2D eigenvalue weighted by Gasteiger charge is -2.01. The Kier molecular flexibility index (Phi) is 4.23. The van der Waals surface area contributed by atoms with Crippen molar-refractivity contribution in [2.75, 3.05) is 13.2 Å². The topological polar surface area (TPSA) is 82.8 Å². The second-order valence-electron chi connectivity index (χ2n) is 3.72. The Balaban J connectivity index is 2.08. The van der Waals surface area contributed by atoms with Crippen LogP contribution in [-0.4, -0.2) is 33.8 Å². The van der Waals surface area contributed by atoms with Gasteiger partial charge >= 0.3 is 5.97 Å². The van der Waals surface area contributed by atoms with Crippen LogP contribution in [0.15, 0.2) is 10.9 Å². The molecular formula is C11H13N3O4S. The quantitative estimate of drug-likeness (QED) is 0.745. The summed E-state index contributed by atoms with van der Waals surface area (Å²) in [6, 6.07) is 1.40. The van der Waals surface area contributed by atoms with Gasteiger partial charge in [-0.15, -0.1) is 0 Å². The summed E-state index contributed by atoms with van der Waals surface area (Å²) in [6.45, 7) is 3.91. The standard InChI is InChI=1S/C11H13N3O4S/c1-3-17-6-10(16)18-5-8-13-14-9(15)4-7(2)12-11(14)19-8/h4H,3,5-6H2,1-2H3. The lowest BCUT2D eigenvalue weighted by atomic mass is 10.5. The number of fused-ring (bicyclic) bond motifs is 1. The minimum Gasteiger partial charge on any atom is -0.456 e. The van der Waals surface area contributed by atoms with Crippen LogP contribution in [0.2, 0.25) is 0 Å². The number of rotatable bonds is 5. The molecular weight excluding hydrogens is 270 g/mol. The third kappa shape index (κ3) is 3.36. The Labute approximate surface area is 112 Å². The van der Waals surface area contributed by atoms with Gasteiger partial charge in [-0.2, -0.15) is 9.61 Å². The van der Waals surface area contributed by atoms with Crippen molar-refractivity contribution in [1.29, 1.82) is 0 Å². The molecule has 0 N–H and O–H groups in total. The van der Waals surface area contributed by atoms with Crippen LogP contribution < -0.4 is 5.56 Å². The normalized spacial score (nSPS) is 10.8. The van der Waals surface area contributed by atoms with E-state index in [1.807, 2.05) is 0 Å². The molecule has 2 aromatic heterocycles. The molecule has 8 heteroatoms. The van der Waals surface area contributed by atoms with Gasteiger partial charge in [-0.3, -0.25) is 4.79 Å². The van der Waals surface area contributed by atoms with E-state index in [2.05, 4.69) is 10.1 Å². The molecule has 2 rings (SSSR count). The fourth-order valence-electron chi connectivity index (χ4n) is 1.39. The molecule has 2 heterocycles. The summed E-state index contributed by atoms with van der Waals surface area (Å²) in [6.07, 6.45) is 0. The number of carbonyl (C=O) groups excluding carboxylic acids is 1. The molecule has 2 aromatic rings. The van der Waals surface area contributed by atoms with E-state index in [0.29, 0.717) is 22.3 Å². The molecule has 0 aliphatic carbocycles. The molecule has 0 spiro atoms. The van der Waals surface area contributed by atoms with E-state index < -0.39 is 5.97 Å². The highest BCUT2D eigenvalue weighted by atomic mass is 32.1. The van der Waals surface area contributed by atoms with Crippen molar-refractivity contribution < 1.29 is 14.3 Å². The third-order valence-corrected chi connectivity index (χ3v) is 3.08. The van der Waals surface area contributed by atoms with Gasteiger partial charge in [-0.25, -0.2) is 9.78 Å². The van der Waals surface area contributed by atoms with Crippen LogP contribution in [0.3, 0.4) is 0 Å². The van der Waals surface area contributed by atoms with Crippen molar-refractivity contribution in [2.24, 2.45) is 0 Å². The van der Waals surface area contributed by atoms with Gasteiger partial charge in [0.25, 0.3) is 5.56 Å². The van der Waals surface area contributed by atoms with Crippen LogP contribution in [0.1, 0.15) is 17.6 Å². The lowest BCUT2D eigenvalue weighted by molar-refractivity contribution is -0.150. The van der Waals surface area contributed by atoms with E-state index in [9.17, 15) is 9.59 Å². The van der Waals surface area contributed by atoms with Crippen molar-refractivity contribution in [3.63, 3.8) is 0 Å². The largest absolute Gasteiger partial charge is 0.456 e. The second-order valence-corrected chi connectivity index (χ2v) is 4.76. The number of hydrogen-bond donors (Lipinski definition) is 0. The van der Waals surface area contributed by atoms with Gasteiger partial charge in [0, 0.05) is 18.4 Å². The van der Waals surface area contributed by atoms with Crippen LogP contribution >= 0.6 is 11.3 Å². The molecule has 0 aromatic carbocycles. The maximum Gasteiger partial charge on any atom is 0.332 e. The smallest absolute Gasteiger partial charge is 0.332 e. The summed E-state index contributed by atoms with van der Waals surface area (Å²) in [4.78, 5) is 27.6. The van der Waals surface area contributed by atoms with Crippen molar-refractivity contribution in [2.45, 2.75) is 20.5 Å². The number of ether oxygens (including phenoxy) is 2. The number of aryl methyl sites for hydroxylation is 1. The van der Waals surface area contributed by atoms with Crippen molar-refractivity contribution >= 4 is 22.3 Å². The zero-order valence-electron chi connectivity index (χ0n) is 10.6. The first-order valence-electron chi connectivity index (χ1n) is 5.70. The van der Waals surface area contributed by atoms with Gasteiger partial charge < -0.3 is 9.47 Å². The van der Waals surface area contributed by atoms with Crippen LogP contribution in [0.25, 0.3) is 4.96 Å². The average Bonchev–Trinajstić information content (AvgIpc) is 2.77. The molecule has 0 unspecified atom stereocenters. The van der Waals surface area contributed by atoms with E-state index in [1.165, 1.54) is 21.9 Å². The van der Waals surface area contributed by atoms with E-state index in [1.54, 1.807) is 13.8 Å². The highest BCUT2D eigenvalue weighted by Gasteiger charge is 2.10. The fraction of sp³-hybridized carbons (Fsp3) is 0.455. The summed E-state index contributed by atoms with van der Waals surface area (Å²) < 4.78 is 11.1. The van der Waals surface area contributed by atoms with Crippen molar-refractivity contribution in [3.05, 3.63) is 27.1 Å². The van der Waals surface area contributed by atoms with Gasteiger partial charge in [0.15, 0.2) is 5.01 Å². The lowest BCUT2D eigenvalue weighted by Crippen LogP contribution is -2.15. The molecule has 0 bridgehead atoms. The Morgan fingerprint density at radius 1 is 1.53 bits per heavy atom. The minimum absolute atomic E-state index is 0.0123.